The first-order valence-electron chi connectivity index (χ1n) is 5.84. The van der Waals surface area contributed by atoms with Gasteiger partial charge in [-0.05, 0) is 23.8 Å². The van der Waals surface area contributed by atoms with Gasteiger partial charge in [-0.1, -0.05) is 11.8 Å². The van der Waals surface area contributed by atoms with Gasteiger partial charge in [0.1, 0.15) is 6.10 Å². The van der Waals surface area contributed by atoms with Gasteiger partial charge in [0.25, 0.3) is 0 Å². The van der Waals surface area contributed by atoms with Crippen molar-refractivity contribution in [3.8, 4) is 0 Å². The summed E-state index contributed by atoms with van der Waals surface area (Å²) < 4.78 is 0. The van der Waals surface area contributed by atoms with Crippen LogP contribution in [0.5, 0.6) is 0 Å². The molecule has 0 bridgehead atoms. The Morgan fingerprint density at radius 2 is 1.76 bits per heavy atom. The number of hydrogen-bond acceptors (Lipinski definition) is 6. The lowest BCUT2D eigenvalue weighted by atomic mass is 9.96. The van der Waals surface area contributed by atoms with Gasteiger partial charge < -0.3 is 20.4 Å². The Morgan fingerprint density at radius 1 is 1.14 bits per heavy atom. The third kappa shape index (κ3) is 4.55. The van der Waals surface area contributed by atoms with Gasteiger partial charge in [0.05, 0.1) is 17.2 Å². The first kappa shape index (κ1) is 17.2. The molecular formula is C13H14O7S. The van der Waals surface area contributed by atoms with E-state index in [1.54, 1.807) is 0 Å². The molecule has 0 spiro atoms. The first-order valence-corrected chi connectivity index (χ1v) is 6.82. The molecule has 21 heavy (non-hydrogen) atoms. The van der Waals surface area contributed by atoms with Crippen molar-refractivity contribution in [2.45, 2.75) is 19.1 Å². The summed E-state index contributed by atoms with van der Waals surface area (Å²) >= 11 is 0.774. The fourth-order valence-corrected chi connectivity index (χ4v) is 2.22. The molecule has 7 nitrogen and oxygen atoms in total. The number of hydrogen-bond donors (Lipinski definition) is 4. The number of rotatable bonds is 6. The molecule has 2 unspecified atom stereocenters. The maximum atomic E-state index is 11.1. The fourth-order valence-electron chi connectivity index (χ4n) is 1.64. The lowest BCUT2D eigenvalue weighted by Crippen LogP contribution is -2.23. The van der Waals surface area contributed by atoms with E-state index in [1.165, 1.54) is 6.92 Å². The van der Waals surface area contributed by atoms with Crippen LogP contribution < -0.4 is 0 Å². The van der Waals surface area contributed by atoms with Crippen molar-refractivity contribution < 1.29 is 34.8 Å². The Bertz CT molecular complexity index is 570. The van der Waals surface area contributed by atoms with Crippen LogP contribution in [0, 0.1) is 0 Å². The molecule has 0 aliphatic rings. The zero-order valence-corrected chi connectivity index (χ0v) is 11.8. The second kappa shape index (κ2) is 7.21. The molecule has 0 heterocycles. The fraction of sp³-hybridized carbons (Fsp3) is 0.308. The van der Waals surface area contributed by atoms with Crippen molar-refractivity contribution in [2.75, 3.05) is 5.75 Å². The number of aliphatic hydroxyl groups is 2. The van der Waals surface area contributed by atoms with E-state index in [0.717, 1.165) is 30.0 Å². The number of aliphatic hydroxyl groups excluding tert-OH is 2. The molecular weight excluding hydrogens is 300 g/mol. The van der Waals surface area contributed by atoms with E-state index in [0.29, 0.717) is 0 Å². The number of carbonyl (C=O) groups is 3. The predicted octanol–water partition coefficient (Wildman–Crippen LogP) is 0.757. The highest BCUT2D eigenvalue weighted by atomic mass is 32.2. The van der Waals surface area contributed by atoms with E-state index in [9.17, 15) is 24.6 Å². The maximum absolute atomic E-state index is 11.1. The summed E-state index contributed by atoms with van der Waals surface area (Å²) in [6.07, 6.45) is -3.01. The minimum atomic E-state index is -1.61. The van der Waals surface area contributed by atoms with Crippen LogP contribution >= 0.6 is 11.8 Å². The highest BCUT2D eigenvalue weighted by Crippen LogP contribution is 2.25. The number of aromatic carboxylic acids is 2. The van der Waals surface area contributed by atoms with Crippen LogP contribution in [0.4, 0.5) is 0 Å². The van der Waals surface area contributed by atoms with Gasteiger partial charge in [0, 0.05) is 12.7 Å². The largest absolute Gasteiger partial charge is 0.478 e. The number of thioether (sulfide) groups is 1. The third-order valence-electron chi connectivity index (χ3n) is 2.67. The summed E-state index contributed by atoms with van der Waals surface area (Å²) in [6.45, 7) is 1.29. The number of carbonyl (C=O) groups excluding carboxylic acids is 1. The first-order chi connectivity index (χ1) is 9.73. The van der Waals surface area contributed by atoms with Gasteiger partial charge in [0.2, 0.25) is 0 Å². The Labute approximate surface area is 124 Å². The predicted molar refractivity (Wildman–Crippen MR) is 74.5 cm³/mol. The second-order valence-corrected chi connectivity index (χ2v) is 5.42. The van der Waals surface area contributed by atoms with Gasteiger partial charge >= 0.3 is 11.9 Å². The second-order valence-electron chi connectivity index (χ2n) is 4.23. The molecule has 0 amide bonds. The topological polar surface area (TPSA) is 132 Å². The molecule has 0 aromatic heterocycles. The van der Waals surface area contributed by atoms with Crippen molar-refractivity contribution in [3.63, 3.8) is 0 Å². The minimum Gasteiger partial charge on any atom is -0.478 e. The zero-order chi connectivity index (χ0) is 16.2. The molecule has 1 aromatic rings. The smallest absolute Gasteiger partial charge is 0.336 e. The van der Waals surface area contributed by atoms with Gasteiger partial charge in [-0.3, -0.25) is 4.79 Å². The van der Waals surface area contributed by atoms with Crippen LogP contribution in [-0.2, 0) is 4.79 Å². The van der Waals surface area contributed by atoms with Crippen LogP contribution in [0.1, 0.15) is 39.3 Å². The Kier molecular flexibility index (Phi) is 5.89. The van der Waals surface area contributed by atoms with Crippen LogP contribution in [0.15, 0.2) is 18.2 Å². The Hall–Kier alpha value is -1.90. The highest BCUT2D eigenvalue weighted by molar-refractivity contribution is 8.13. The van der Waals surface area contributed by atoms with E-state index in [4.69, 9.17) is 10.2 Å². The van der Waals surface area contributed by atoms with Crippen molar-refractivity contribution >= 4 is 28.8 Å². The van der Waals surface area contributed by atoms with Crippen LogP contribution in [0.2, 0.25) is 0 Å². The summed E-state index contributed by atoms with van der Waals surface area (Å²) in [6, 6.07) is 3.14. The van der Waals surface area contributed by atoms with Gasteiger partial charge in [-0.2, -0.15) is 0 Å². The molecule has 0 saturated heterocycles. The molecule has 0 aliphatic carbocycles. The molecule has 0 fully saturated rings. The van der Waals surface area contributed by atoms with E-state index in [-0.39, 0.29) is 27.6 Å². The molecule has 0 aliphatic heterocycles. The SMILES string of the molecule is CC(=O)SCC(O)C(O)c1cc(C(=O)O)ccc1C(=O)O. The van der Waals surface area contributed by atoms with Crippen molar-refractivity contribution in [1.29, 1.82) is 0 Å². The highest BCUT2D eigenvalue weighted by Gasteiger charge is 2.25. The van der Waals surface area contributed by atoms with E-state index >= 15 is 0 Å². The standard InChI is InChI=1S/C13H14O7S/c1-6(14)21-5-10(15)11(16)9-4-7(12(17)18)2-3-8(9)13(19)20/h2-4,10-11,15-16H,5H2,1H3,(H,17,18)(H,19,20). The summed E-state index contributed by atoms with van der Waals surface area (Å²) in [5.41, 5.74) is -0.723. The average Bonchev–Trinajstić information content (AvgIpc) is 2.42. The van der Waals surface area contributed by atoms with Gasteiger partial charge in [-0.15, -0.1) is 0 Å². The average molecular weight is 314 g/mol. The quantitative estimate of drug-likeness (QED) is 0.605. The molecule has 1 rings (SSSR count). The number of benzene rings is 1. The molecule has 4 N–H and O–H groups in total. The number of carboxylic acid groups (broad SMARTS) is 2. The van der Waals surface area contributed by atoms with Gasteiger partial charge in [-0.25, -0.2) is 9.59 Å². The summed E-state index contributed by atoms with van der Waals surface area (Å²) in [5, 5.41) is 37.5. The maximum Gasteiger partial charge on any atom is 0.336 e. The summed E-state index contributed by atoms with van der Waals surface area (Å²) in [4.78, 5) is 32.8. The van der Waals surface area contributed by atoms with Crippen molar-refractivity contribution in [3.05, 3.63) is 34.9 Å². The number of carboxylic acids is 2. The normalized spacial score (nSPS) is 13.5. The van der Waals surface area contributed by atoms with Gasteiger partial charge in [0.15, 0.2) is 5.12 Å². The lowest BCUT2D eigenvalue weighted by Gasteiger charge is -2.19. The molecule has 114 valence electrons. The summed E-state index contributed by atoms with van der Waals surface area (Å²) in [7, 11) is 0. The Balaban J connectivity index is 3.12. The molecule has 0 radical (unpaired) electrons. The zero-order valence-electron chi connectivity index (χ0n) is 11.0. The summed E-state index contributed by atoms with van der Waals surface area (Å²) in [5.74, 6) is -2.77. The van der Waals surface area contributed by atoms with E-state index in [2.05, 4.69) is 0 Å². The lowest BCUT2D eigenvalue weighted by molar-refractivity contribution is -0.109. The van der Waals surface area contributed by atoms with Crippen LogP contribution in [-0.4, -0.2) is 49.3 Å². The monoisotopic (exact) mass is 314 g/mol. The molecule has 0 saturated carbocycles. The van der Waals surface area contributed by atoms with Crippen molar-refractivity contribution in [2.24, 2.45) is 0 Å². The Morgan fingerprint density at radius 3 is 2.24 bits per heavy atom. The molecule has 8 heteroatoms. The van der Waals surface area contributed by atoms with Crippen LogP contribution in [0.25, 0.3) is 0 Å². The third-order valence-corrected chi connectivity index (χ3v) is 3.58. The molecule has 2 atom stereocenters. The van der Waals surface area contributed by atoms with E-state index in [1.807, 2.05) is 0 Å². The minimum absolute atomic E-state index is 0.132. The van der Waals surface area contributed by atoms with Crippen molar-refractivity contribution in [1.82, 2.24) is 0 Å². The molecule has 1 aromatic carbocycles. The van der Waals surface area contributed by atoms with E-state index < -0.39 is 24.1 Å². The van der Waals surface area contributed by atoms with Crippen LogP contribution in [0.3, 0.4) is 0 Å².